The van der Waals surface area contributed by atoms with Crippen LogP contribution in [-0.2, 0) is 20.7 Å². The van der Waals surface area contributed by atoms with Crippen LogP contribution < -0.4 is 5.32 Å². The van der Waals surface area contributed by atoms with E-state index >= 15 is 0 Å². The number of hydrogen-bond donors (Lipinski definition) is 3. The van der Waals surface area contributed by atoms with E-state index in [1.807, 2.05) is 0 Å². The number of nitrogens with one attached hydrogen (secondary N) is 1. The van der Waals surface area contributed by atoms with Crippen molar-refractivity contribution in [2.24, 2.45) is 0 Å². The number of phenolic OH excluding ortho intramolecular Hbond substituents is 1. The maximum Gasteiger partial charge on any atom is 0.303 e. The molecule has 6 nitrogen and oxygen atoms in total. The highest BCUT2D eigenvalue weighted by Gasteiger charge is 2.36. The van der Waals surface area contributed by atoms with Crippen molar-refractivity contribution >= 4 is 11.9 Å². The smallest absolute Gasteiger partial charge is 0.303 e. The fourth-order valence-electron chi connectivity index (χ4n) is 2.45. The molecule has 0 aliphatic carbocycles. The molecule has 0 radical (unpaired) electrons. The summed E-state index contributed by atoms with van der Waals surface area (Å²) < 4.78 is 5.32. The zero-order valence-electron chi connectivity index (χ0n) is 11.7. The van der Waals surface area contributed by atoms with Crippen molar-refractivity contribution in [1.29, 1.82) is 0 Å². The van der Waals surface area contributed by atoms with Gasteiger partial charge in [-0.15, -0.1) is 0 Å². The second-order valence-electron chi connectivity index (χ2n) is 5.37. The molecule has 114 valence electrons. The fraction of sp³-hybridized carbons (Fsp3) is 0.467. The van der Waals surface area contributed by atoms with Gasteiger partial charge in [-0.1, -0.05) is 12.1 Å². The van der Waals surface area contributed by atoms with Gasteiger partial charge < -0.3 is 20.3 Å². The van der Waals surface area contributed by atoms with Crippen LogP contribution in [0, 0.1) is 0 Å². The van der Waals surface area contributed by atoms with Crippen LogP contribution in [0.15, 0.2) is 24.3 Å². The Kier molecular flexibility index (Phi) is 4.80. The highest BCUT2D eigenvalue weighted by molar-refractivity contribution is 5.79. The third kappa shape index (κ3) is 4.46. The summed E-state index contributed by atoms with van der Waals surface area (Å²) in [7, 11) is 0. The lowest BCUT2D eigenvalue weighted by molar-refractivity contribution is -0.138. The van der Waals surface area contributed by atoms with Crippen LogP contribution in [0.4, 0.5) is 0 Å². The van der Waals surface area contributed by atoms with Crippen molar-refractivity contribution in [2.75, 3.05) is 13.2 Å². The number of ether oxygens (including phenoxy) is 1. The maximum atomic E-state index is 12.1. The first-order chi connectivity index (χ1) is 9.99. The number of carboxylic acid groups (broad SMARTS) is 1. The Bertz CT molecular complexity index is 505. The first-order valence-corrected chi connectivity index (χ1v) is 6.88. The van der Waals surface area contributed by atoms with Gasteiger partial charge in [-0.2, -0.15) is 0 Å². The molecule has 2 rings (SSSR count). The summed E-state index contributed by atoms with van der Waals surface area (Å²) in [5, 5.41) is 20.9. The molecule has 1 atom stereocenters. The summed E-state index contributed by atoms with van der Waals surface area (Å²) in [5.41, 5.74) is 0.212. The predicted octanol–water partition coefficient (Wildman–Crippen LogP) is 1.07. The lowest BCUT2D eigenvalue weighted by atomic mass is 9.92. The molecule has 1 aromatic rings. The molecule has 1 unspecified atom stereocenters. The number of benzene rings is 1. The highest BCUT2D eigenvalue weighted by Crippen LogP contribution is 2.24. The minimum Gasteiger partial charge on any atom is -0.508 e. The first-order valence-electron chi connectivity index (χ1n) is 6.88. The average molecular weight is 293 g/mol. The number of aliphatic carboxylic acids is 1. The topological polar surface area (TPSA) is 95.9 Å². The van der Waals surface area contributed by atoms with E-state index < -0.39 is 11.5 Å². The van der Waals surface area contributed by atoms with Gasteiger partial charge in [0.15, 0.2) is 0 Å². The molecule has 1 heterocycles. The molecule has 0 bridgehead atoms. The minimum absolute atomic E-state index is 0.00283. The number of amides is 1. The van der Waals surface area contributed by atoms with Gasteiger partial charge in [-0.25, -0.2) is 0 Å². The number of phenols is 1. The van der Waals surface area contributed by atoms with Crippen molar-refractivity contribution in [3.05, 3.63) is 29.8 Å². The molecule has 0 saturated carbocycles. The Balaban J connectivity index is 1.94. The van der Waals surface area contributed by atoms with E-state index in [1.165, 1.54) is 12.1 Å². The Hall–Kier alpha value is -2.08. The molecule has 1 aliphatic rings. The lowest BCUT2D eigenvalue weighted by Gasteiger charge is -2.28. The molecule has 3 N–H and O–H groups in total. The van der Waals surface area contributed by atoms with Crippen molar-refractivity contribution in [3.63, 3.8) is 0 Å². The molecule has 1 aliphatic heterocycles. The van der Waals surface area contributed by atoms with Crippen LogP contribution in [0.5, 0.6) is 5.75 Å². The van der Waals surface area contributed by atoms with Crippen LogP contribution in [-0.4, -0.2) is 40.8 Å². The number of carbonyl (C=O) groups excluding carboxylic acids is 1. The van der Waals surface area contributed by atoms with Gasteiger partial charge in [-0.3, -0.25) is 9.59 Å². The van der Waals surface area contributed by atoms with Crippen molar-refractivity contribution in [1.82, 2.24) is 5.32 Å². The van der Waals surface area contributed by atoms with E-state index in [4.69, 9.17) is 9.84 Å². The summed E-state index contributed by atoms with van der Waals surface area (Å²) in [6.07, 6.45) is 1.18. The molecule has 21 heavy (non-hydrogen) atoms. The zero-order chi connectivity index (χ0) is 15.3. The monoisotopic (exact) mass is 293 g/mol. The molecule has 1 amide bonds. The molecule has 0 aromatic heterocycles. The largest absolute Gasteiger partial charge is 0.508 e. The maximum absolute atomic E-state index is 12.1. The van der Waals surface area contributed by atoms with Crippen molar-refractivity contribution in [2.45, 2.75) is 31.2 Å². The van der Waals surface area contributed by atoms with E-state index in [-0.39, 0.29) is 24.5 Å². The Morgan fingerprint density at radius 1 is 1.29 bits per heavy atom. The van der Waals surface area contributed by atoms with Gasteiger partial charge in [0.2, 0.25) is 5.91 Å². The van der Waals surface area contributed by atoms with E-state index in [9.17, 15) is 14.7 Å². The van der Waals surface area contributed by atoms with Gasteiger partial charge in [0.05, 0.1) is 18.6 Å². The van der Waals surface area contributed by atoms with Crippen LogP contribution in [0.2, 0.25) is 0 Å². The summed E-state index contributed by atoms with van der Waals surface area (Å²) in [6, 6.07) is 6.43. The van der Waals surface area contributed by atoms with E-state index in [2.05, 4.69) is 5.32 Å². The highest BCUT2D eigenvalue weighted by atomic mass is 16.5. The van der Waals surface area contributed by atoms with E-state index in [0.717, 1.165) is 5.56 Å². The Morgan fingerprint density at radius 3 is 2.57 bits per heavy atom. The van der Waals surface area contributed by atoms with Crippen LogP contribution in [0.1, 0.15) is 24.8 Å². The van der Waals surface area contributed by atoms with Crippen LogP contribution >= 0.6 is 0 Å². The van der Waals surface area contributed by atoms with Crippen molar-refractivity contribution < 1.29 is 24.5 Å². The second kappa shape index (κ2) is 6.58. The van der Waals surface area contributed by atoms with Gasteiger partial charge in [0, 0.05) is 13.0 Å². The lowest BCUT2D eigenvalue weighted by Crippen LogP contribution is -2.49. The summed E-state index contributed by atoms with van der Waals surface area (Å²) in [4.78, 5) is 22.9. The van der Waals surface area contributed by atoms with Gasteiger partial charge >= 0.3 is 5.97 Å². The third-order valence-electron chi connectivity index (χ3n) is 3.63. The number of rotatable bonds is 6. The first kappa shape index (κ1) is 15.3. The number of aromatic hydroxyl groups is 1. The van der Waals surface area contributed by atoms with Gasteiger partial charge in [0.1, 0.15) is 5.75 Å². The predicted molar refractivity (Wildman–Crippen MR) is 75.0 cm³/mol. The normalized spacial score (nSPS) is 21.1. The minimum atomic E-state index is -0.881. The number of hydrogen-bond acceptors (Lipinski definition) is 4. The number of carbonyl (C=O) groups is 2. The van der Waals surface area contributed by atoms with Crippen molar-refractivity contribution in [3.8, 4) is 5.75 Å². The average Bonchev–Trinajstić information content (AvgIpc) is 2.88. The number of carboxylic acids is 1. The Morgan fingerprint density at radius 2 is 2.00 bits per heavy atom. The van der Waals surface area contributed by atoms with Crippen LogP contribution in [0.3, 0.4) is 0 Å². The molecule has 1 saturated heterocycles. The summed E-state index contributed by atoms with van der Waals surface area (Å²) in [6.45, 7) is 0.876. The van der Waals surface area contributed by atoms with Gasteiger partial charge in [0.25, 0.3) is 0 Å². The molecule has 1 aromatic carbocycles. The molecule has 1 fully saturated rings. The quantitative estimate of drug-likeness (QED) is 0.729. The van der Waals surface area contributed by atoms with E-state index in [0.29, 0.717) is 26.1 Å². The molecule has 0 spiro atoms. The SMILES string of the molecule is O=C(O)CCC1(NC(=O)Cc2ccc(O)cc2)CCOC1. The molecular formula is C15H19NO5. The zero-order valence-corrected chi connectivity index (χ0v) is 11.7. The third-order valence-corrected chi connectivity index (χ3v) is 3.63. The van der Waals surface area contributed by atoms with Gasteiger partial charge in [-0.05, 0) is 30.5 Å². The molecular weight excluding hydrogens is 274 g/mol. The Labute approximate surface area is 122 Å². The van der Waals surface area contributed by atoms with E-state index in [1.54, 1.807) is 12.1 Å². The standard InChI is InChI=1S/C15H19NO5/c17-12-3-1-11(2-4-12)9-13(18)16-15(6-5-14(19)20)7-8-21-10-15/h1-4,17H,5-10H2,(H,16,18)(H,19,20). The summed E-state index contributed by atoms with van der Waals surface area (Å²) in [5.74, 6) is -0.896. The second-order valence-corrected chi connectivity index (χ2v) is 5.37. The summed E-state index contributed by atoms with van der Waals surface area (Å²) >= 11 is 0. The fourth-order valence-corrected chi connectivity index (χ4v) is 2.45. The molecule has 6 heteroatoms. The van der Waals surface area contributed by atoms with Crippen LogP contribution in [0.25, 0.3) is 0 Å².